The maximum Gasteiger partial charge on any atom is 0.332 e. The van der Waals surface area contributed by atoms with E-state index in [-0.39, 0.29) is 24.3 Å². The third-order valence-corrected chi connectivity index (χ3v) is 4.47. The van der Waals surface area contributed by atoms with Gasteiger partial charge in [0.15, 0.2) is 18.1 Å². The van der Waals surface area contributed by atoms with Crippen molar-refractivity contribution in [1.29, 1.82) is 0 Å². The quantitative estimate of drug-likeness (QED) is 0.460. The van der Waals surface area contributed by atoms with Crippen molar-refractivity contribution in [1.82, 2.24) is 9.13 Å². The highest BCUT2D eigenvalue weighted by atomic mass is 16.5. The molecule has 0 bridgehead atoms. The molecule has 0 unspecified atom stereocenters. The van der Waals surface area contributed by atoms with Crippen LogP contribution in [0.2, 0.25) is 0 Å². The fraction of sp³-hybridized carbons (Fsp3) is 0.400. The Labute approximate surface area is 172 Å². The first-order valence-electron chi connectivity index (χ1n) is 9.24. The van der Waals surface area contributed by atoms with E-state index in [9.17, 15) is 19.2 Å². The molecule has 1 heterocycles. The molecule has 0 fully saturated rings. The molecule has 1 aromatic carbocycles. The van der Waals surface area contributed by atoms with E-state index < -0.39 is 29.6 Å². The summed E-state index contributed by atoms with van der Waals surface area (Å²) in [4.78, 5) is 49.2. The monoisotopic (exact) mass is 419 g/mol. The summed E-state index contributed by atoms with van der Waals surface area (Å²) in [6.07, 6.45) is 0.465. The highest BCUT2D eigenvalue weighted by molar-refractivity contribution is 6.01. The SMILES string of the molecule is CCCn1c(N)c(C(=O)COC(=O)Cc2ccc(OC)c(OC)c2)c(=O)n(C)c1=O. The number of aromatic nitrogens is 2. The number of hydrogen-bond donors (Lipinski definition) is 1. The number of nitrogens with zero attached hydrogens (tertiary/aromatic N) is 2. The Morgan fingerprint density at radius 3 is 2.37 bits per heavy atom. The van der Waals surface area contributed by atoms with Gasteiger partial charge in [0.25, 0.3) is 5.56 Å². The summed E-state index contributed by atoms with van der Waals surface area (Å²) >= 11 is 0. The molecule has 2 aromatic rings. The Kier molecular flexibility index (Phi) is 7.40. The molecule has 0 saturated carbocycles. The predicted molar refractivity (Wildman–Crippen MR) is 109 cm³/mol. The van der Waals surface area contributed by atoms with Crippen LogP contribution in [0.4, 0.5) is 5.82 Å². The van der Waals surface area contributed by atoms with E-state index in [0.29, 0.717) is 23.5 Å². The van der Waals surface area contributed by atoms with Crippen LogP contribution < -0.4 is 26.5 Å². The number of ether oxygens (including phenoxy) is 3. The molecule has 0 amide bonds. The molecule has 0 aliphatic rings. The smallest absolute Gasteiger partial charge is 0.332 e. The van der Waals surface area contributed by atoms with Crippen molar-refractivity contribution in [3.63, 3.8) is 0 Å². The summed E-state index contributed by atoms with van der Waals surface area (Å²) in [5.41, 5.74) is 4.68. The largest absolute Gasteiger partial charge is 0.493 e. The Morgan fingerprint density at radius 1 is 1.10 bits per heavy atom. The van der Waals surface area contributed by atoms with Crippen molar-refractivity contribution in [3.8, 4) is 11.5 Å². The second kappa shape index (κ2) is 9.77. The highest BCUT2D eigenvalue weighted by Crippen LogP contribution is 2.27. The number of ketones is 1. The van der Waals surface area contributed by atoms with E-state index in [1.807, 2.05) is 6.92 Å². The number of esters is 1. The van der Waals surface area contributed by atoms with Gasteiger partial charge in [-0.2, -0.15) is 0 Å². The first-order valence-corrected chi connectivity index (χ1v) is 9.24. The number of Topliss-reactive ketones (excluding diaryl/α,β-unsaturated/α-hetero) is 1. The molecule has 2 N–H and O–H groups in total. The average molecular weight is 419 g/mol. The number of methoxy groups -OCH3 is 2. The summed E-state index contributed by atoms with van der Waals surface area (Å²) in [5.74, 6) is -0.719. The topological polar surface area (TPSA) is 132 Å². The van der Waals surface area contributed by atoms with Crippen LogP contribution in [0.15, 0.2) is 27.8 Å². The van der Waals surface area contributed by atoms with Crippen molar-refractivity contribution in [2.75, 3.05) is 26.6 Å². The molecule has 0 atom stereocenters. The van der Waals surface area contributed by atoms with Gasteiger partial charge in [-0.3, -0.25) is 23.5 Å². The molecule has 30 heavy (non-hydrogen) atoms. The molecular formula is C20H25N3O7. The average Bonchev–Trinajstić information content (AvgIpc) is 2.73. The van der Waals surface area contributed by atoms with Crippen molar-refractivity contribution < 1.29 is 23.8 Å². The second-order valence-electron chi connectivity index (χ2n) is 6.51. The maximum absolute atomic E-state index is 12.5. The lowest BCUT2D eigenvalue weighted by molar-refractivity contribution is -0.141. The number of nitrogens with two attached hydrogens (primary N) is 1. The van der Waals surface area contributed by atoms with Gasteiger partial charge in [-0.1, -0.05) is 13.0 Å². The molecule has 162 valence electrons. The van der Waals surface area contributed by atoms with Crippen molar-refractivity contribution in [2.45, 2.75) is 26.3 Å². The van der Waals surface area contributed by atoms with Crippen molar-refractivity contribution in [2.24, 2.45) is 7.05 Å². The van der Waals surface area contributed by atoms with Crippen molar-refractivity contribution >= 4 is 17.6 Å². The van der Waals surface area contributed by atoms with Crippen LogP contribution in [0.1, 0.15) is 29.3 Å². The van der Waals surface area contributed by atoms with Gasteiger partial charge in [0.05, 0.1) is 20.6 Å². The van der Waals surface area contributed by atoms with Crippen LogP contribution in [0.5, 0.6) is 11.5 Å². The van der Waals surface area contributed by atoms with E-state index in [4.69, 9.17) is 19.9 Å². The number of rotatable bonds is 9. The Morgan fingerprint density at radius 2 is 1.77 bits per heavy atom. The number of nitrogen functional groups attached to an aromatic ring is 1. The van der Waals surface area contributed by atoms with E-state index in [0.717, 1.165) is 9.13 Å². The fourth-order valence-electron chi connectivity index (χ4n) is 2.91. The highest BCUT2D eigenvalue weighted by Gasteiger charge is 2.22. The van der Waals surface area contributed by atoms with Crippen LogP contribution in [-0.2, 0) is 29.5 Å². The fourth-order valence-corrected chi connectivity index (χ4v) is 2.91. The van der Waals surface area contributed by atoms with E-state index in [1.165, 1.54) is 21.3 Å². The number of carbonyl (C=O) groups excluding carboxylic acids is 2. The van der Waals surface area contributed by atoms with Crippen LogP contribution >= 0.6 is 0 Å². The number of anilines is 1. The third-order valence-electron chi connectivity index (χ3n) is 4.47. The second-order valence-corrected chi connectivity index (χ2v) is 6.51. The lowest BCUT2D eigenvalue weighted by Gasteiger charge is -2.14. The minimum absolute atomic E-state index is 0.115. The summed E-state index contributed by atoms with van der Waals surface area (Å²) in [6.45, 7) is 1.41. The third kappa shape index (κ3) is 4.70. The molecule has 0 spiro atoms. The standard InChI is InChI=1S/C20H25N3O7/c1-5-8-23-18(21)17(19(26)22(2)20(23)27)13(24)11-30-16(25)10-12-6-7-14(28-3)15(9-12)29-4/h6-7,9H,5,8,10-11,21H2,1-4H3. The zero-order chi connectivity index (χ0) is 22.4. The van der Waals surface area contributed by atoms with Crippen molar-refractivity contribution in [3.05, 3.63) is 50.2 Å². The van der Waals surface area contributed by atoms with Gasteiger partial charge in [0.2, 0.25) is 5.78 Å². The first-order chi connectivity index (χ1) is 14.2. The molecule has 2 rings (SSSR count). The number of hydrogen-bond acceptors (Lipinski definition) is 8. The normalized spacial score (nSPS) is 10.5. The molecule has 10 nitrogen and oxygen atoms in total. The van der Waals surface area contributed by atoms with E-state index >= 15 is 0 Å². The summed E-state index contributed by atoms with van der Waals surface area (Å²) in [7, 11) is 4.23. The van der Waals surface area contributed by atoms with Gasteiger partial charge < -0.3 is 19.9 Å². The molecule has 1 aromatic heterocycles. The van der Waals surface area contributed by atoms with Crippen LogP contribution in [0.3, 0.4) is 0 Å². The van der Waals surface area contributed by atoms with Crippen LogP contribution in [-0.4, -0.2) is 41.7 Å². The van der Waals surface area contributed by atoms with Crippen LogP contribution in [0.25, 0.3) is 0 Å². The Balaban J connectivity index is 2.15. The lowest BCUT2D eigenvalue weighted by Crippen LogP contribution is -2.43. The number of benzene rings is 1. The van der Waals surface area contributed by atoms with Crippen LogP contribution in [0, 0.1) is 0 Å². The van der Waals surface area contributed by atoms with Gasteiger partial charge in [0.1, 0.15) is 11.4 Å². The molecule has 0 saturated heterocycles. The van der Waals surface area contributed by atoms with Gasteiger partial charge in [-0.05, 0) is 24.1 Å². The van der Waals surface area contributed by atoms with E-state index in [1.54, 1.807) is 18.2 Å². The van der Waals surface area contributed by atoms with Gasteiger partial charge >= 0.3 is 11.7 Å². The first kappa shape index (κ1) is 22.7. The Hall–Kier alpha value is -3.56. The minimum atomic E-state index is -0.828. The lowest BCUT2D eigenvalue weighted by atomic mass is 10.1. The summed E-state index contributed by atoms with van der Waals surface area (Å²) in [6, 6.07) is 4.93. The maximum atomic E-state index is 12.5. The summed E-state index contributed by atoms with van der Waals surface area (Å²) in [5, 5.41) is 0. The predicted octanol–water partition coefficient (Wildman–Crippen LogP) is 0.525. The molecule has 0 aliphatic carbocycles. The number of carbonyl (C=O) groups is 2. The minimum Gasteiger partial charge on any atom is -0.493 e. The zero-order valence-corrected chi connectivity index (χ0v) is 17.4. The van der Waals surface area contributed by atoms with Gasteiger partial charge in [-0.25, -0.2) is 4.79 Å². The molecule has 10 heteroatoms. The zero-order valence-electron chi connectivity index (χ0n) is 17.4. The Bertz CT molecular complexity index is 1070. The molecule has 0 aliphatic heterocycles. The molecular weight excluding hydrogens is 394 g/mol. The molecule has 0 radical (unpaired) electrons. The van der Waals surface area contributed by atoms with Gasteiger partial charge in [-0.15, -0.1) is 0 Å². The summed E-state index contributed by atoms with van der Waals surface area (Å²) < 4.78 is 17.3. The van der Waals surface area contributed by atoms with E-state index in [2.05, 4.69) is 0 Å². The van der Waals surface area contributed by atoms with Gasteiger partial charge in [0, 0.05) is 13.6 Å².